The monoisotopic (exact) mass is 405 g/mol. The normalized spacial score (nSPS) is 16.0. The molecule has 1 atom stereocenters. The van der Waals surface area contributed by atoms with Gasteiger partial charge in [0.2, 0.25) is 0 Å². The molecule has 4 aromatic rings. The summed E-state index contributed by atoms with van der Waals surface area (Å²) in [5.74, 6) is 0.0511. The van der Waals surface area contributed by atoms with Crippen LogP contribution in [-0.2, 0) is 27.1 Å². The van der Waals surface area contributed by atoms with Crippen molar-refractivity contribution in [3.8, 4) is 0 Å². The highest BCUT2D eigenvalue weighted by atomic mass is 35.5. The number of fused-ring (bicyclic) bond motifs is 2. The molecule has 0 aliphatic carbocycles. The molecule has 2 aromatic heterocycles. The second kappa shape index (κ2) is 6.74. The Labute approximate surface area is 173 Å². The molecular weight excluding hydrogens is 386 g/mol. The Balaban J connectivity index is 1.53. The van der Waals surface area contributed by atoms with Gasteiger partial charge in [0.1, 0.15) is 0 Å². The van der Waals surface area contributed by atoms with Crippen LogP contribution in [0.4, 0.5) is 0 Å². The first-order chi connectivity index (χ1) is 14.0. The van der Waals surface area contributed by atoms with Gasteiger partial charge in [0, 0.05) is 38.0 Å². The Morgan fingerprint density at radius 1 is 1.03 bits per heavy atom. The van der Waals surface area contributed by atoms with Gasteiger partial charge in [-0.05, 0) is 29.3 Å². The number of benzene rings is 2. The van der Waals surface area contributed by atoms with Gasteiger partial charge in [-0.1, -0.05) is 35.9 Å². The van der Waals surface area contributed by atoms with Crippen LogP contribution >= 0.6 is 11.6 Å². The van der Waals surface area contributed by atoms with Gasteiger partial charge in [0.15, 0.2) is 0 Å². The van der Waals surface area contributed by atoms with E-state index >= 15 is 0 Å². The lowest BCUT2D eigenvalue weighted by atomic mass is 10.0. The molecule has 29 heavy (non-hydrogen) atoms. The quantitative estimate of drug-likeness (QED) is 0.517. The van der Waals surface area contributed by atoms with Crippen molar-refractivity contribution in [1.29, 1.82) is 0 Å². The van der Waals surface area contributed by atoms with Crippen molar-refractivity contribution in [2.24, 2.45) is 14.1 Å². The number of hydrogen-bond acceptors (Lipinski definition) is 3. The molecule has 5 rings (SSSR count). The number of carbonyl (C=O) groups excluding carboxylic acids is 1. The zero-order chi connectivity index (χ0) is 20.1. The predicted octanol–water partition coefficient (Wildman–Crippen LogP) is 3.90. The van der Waals surface area contributed by atoms with E-state index in [1.54, 1.807) is 10.9 Å². The van der Waals surface area contributed by atoms with Crippen LogP contribution in [0.5, 0.6) is 0 Å². The summed E-state index contributed by atoms with van der Waals surface area (Å²) >= 11 is 6.37. The van der Waals surface area contributed by atoms with Crippen molar-refractivity contribution in [2.45, 2.75) is 19.0 Å². The molecule has 0 N–H and O–H groups in total. The molecule has 0 spiro atoms. The summed E-state index contributed by atoms with van der Waals surface area (Å²) in [6.07, 6.45) is 4.12. The Bertz CT molecular complexity index is 1220. The van der Waals surface area contributed by atoms with Gasteiger partial charge in [-0.2, -0.15) is 10.2 Å². The predicted molar refractivity (Wildman–Crippen MR) is 112 cm³/mol. The van der Waals surface area contributed by atoms with Gasteiger partial charge in [-0.25, -0.2) is 0 Å². The number of aromatic nitrogens is 4. The maximum Gasteiger partial charge on any atom is 0.255 e. The molecule has 6 nitrogen and oxygen atoms in total. The number of carbonyl (C=O) groups is 1. The number of nitrogens with zero attached hydrogens (tertiary/aromatic N) is 5. The Kier molecular flexibility index (Phi) is 4.17. The zero-order valence-electron chi connectivity index (χ0n) is 16.2. The minimum atomic E-state index is -0.0869. The highest BCUT2D eigenvalue weighted by Gasteiger charge is 2.37. The SMILES string of the molecule is Cn1ncc(Cl)c1CC1c2ccccc2C(=O)N1Cc1ccc2c(cnn2C)c1. The van der Waals surface area contributed by atoms with E-state index in [9.17, 15) is 4.79 Å². The van der Waals surface area contributed by atoms with Gasteiger partial charge in [-0.15, -0.1) is 0 Å². The van der Waals surface area contributed by atoms with Crippen molar-refractivity contribution in [2.75, 3.05) is 0 Å². The van der Waals surface area contributed by atoms with Gasteiger partial charge >= 0.3 is 0 Å². The molecule has 0 radical (unpaired) electrons. The van der Waals surface area contributed by atoms with Crippen molar-refractivity contribution >= 4 is 28.4 Å². The smallest absolute Gasteiger partial charge is 0.255 e. The number of rotatable bonds is 4. The van der Waals surface area contributed by atoms with Crippen LogP contribution in [0, 0.1) is 0 Å². The molecular formula is C22H20ClN5O. The molecule has 1 amide bonds. The standard InChI is InChI=1S/C22H20ClN5O/c1-26-19-8-7-14(9-15(19)11-24-26)13-28-20(10-21-18(23)12-25-27(21)2)16-5-3-4-6-17(16)22(28)29/h3-9,11-12,20H,10,13H2,1-2H3. The lowest BCUT2D eigenvalue weighted by Gasteiger charge is -2.26. The summed E-state index contributed by atoms with van der Waals surface area (Å²) in [5, 5.41) is 10.3. The first-order valence-electron chi connectivity index (χ1n) is 9.50. The van der Waals surface area contributed by atoms with E-state index in [0.29, 0.717) is 18.0 Å². The van der Waals surface area contributed by atoms with Crippen LogP contribution in [-0.4, -0.2) is 30.4 Å². The van der Waals surface area contributed by atoms with Crippen molar-refractivity contribution < 1.29 is 4.79 Å². The largest absolute Gasteiger partial charge is 0.327 e. The lowest BCUT2D eigenvalue weighted by Crippen LogP contribution is -2.29. The van der Waals surface area contributed by atoms with Crippen LogP contribution in [0.3, 0.4) is 0 Å². The van der Waals surface area contributed by atoms with Crippen LogP contribution in [0.15, 0.2) is 54.9 Å². The summed E-state index contributed by atoms with van der Waals surface area (Å²) < 4.78 is 3.64. The second-order valence-corrected chi connectivity index (χ2v) is 7.87. The van der Waals surface area contributed by atoms with Crippen LogP contribution in [0.1, 0.15) is 33.2 Å². The molecule has 1 aliphatic rings. The molecule has 3 heterocycles. The van der Waals surface area contributed by atoms with E-state index in [1.165, 1.54) is 0 Å². The molecule has 7 heteroatoms. The molecule has 0 saturated heterocycles. The zero-order valence-corrected chi connectivity index (χ0v) is 17.0. The van der Waals surface area contributed by atoms with Crippen molar-refractivity contribution in [1.82, 2.24) is 24.5 Å². The maximum atomic E-state index is 13.2. The fourth-order valence-corrected chi connectivity index (χ4v) is 4.45. The third-order valence-electron chi connectivity index (χ3n) is 5.75. The molecule has 0 fully saturated rings. The first kappa shape index (κ1) is 17.9. The Morgan fingerprint density at radius 3 is 2.62 bits per heavy atom. The summed E-state index contributed by atoms with van der Waals surface area (Å²) in [7, 11) is 3.81. The Hall–Kier alpha value is -3.12. The highest BCUT2D eigenvalue weighted by Crippen LogP contribution is 2.38. The second-order valence-electron chi connectivity index (χ2n) is 7.46. The molecule has 1 unspecified atom stereocenters. The van der Waals surface area contributed by atoms with Gasteiger partial charge in [0.25, 0.3) is 5.91 Å². The van der Waals surface area contributed by atoms with E-state index in [0.717, 1.165) is 33.3 Å². The van der Waals surface area contributed by atoms with Crippen LogP contribution in [0.25, 0.3) is 10.9 Å². The van der Waals surface area contributed by atoms with Crippen LogP contribution < -0.4 is 0 Å². The average molecular weight is 406 g/mol. The summed E-state index contributed by atoms with van der Waals surface area (Å²) in [4.78, 5) is 15.2. The third-order valence-corrected chi connectivity index (χ3v) is 6.06. The summed E-state index contributed by atoms with van der Waals surface area (Å²) in [5.41, 5.74) is 4.88. The van der Waals surface area contributed by atoms with Gasteiger partial charge in [-0.3, -0.25) is 14.2 Å². The van der Waals surface area contributed by atoms with E-state index in [2.05, 4.69) is 28.4 Å². The lowest BCUT2D eigenvalue weighted by molar-refractivity contribution is 0.0708. The summed E-state index contributed by atoms with van der Waals surface area (Å²) in [6.45, 7) is 0.526. The fraction of sp³-hybridized carbons (Fsp3) is 0.227. The number of hydrogen-bond donors (Lipinski definition) is 0. The summed E-state index contributed by atoms with van der Waals surface area (Å²) in [6, 6.07) is 14.0. The maximum absolute atomic E-state index is 13.2. The Morgan fingerprint density at radius 2 is 1.83 bits per heavy atom. The van der Waals surface area contributed by atoms with Gasteiger partial charge < -0.3 is 4.90 Å². The number of aryl methyl sites for hydroxylation is 2. The average Bonchev–Trinajstić information content (AvgIpc) is 3.34. The molecule has 0 saturated carbocycles. The van der Waals surface area contributed by atoms with Crippen molar-refractivity contribution in [3.63, 3.8) is 0 Å². The van der Waals surface area contributed by atoms with E-state index in [4.69, 9.17) is 11.6 Å². The number of amides is 1. The molecule has 1 aliphatic heterocycles. The minimum absolute atomic E-state index is 0.0511. The topological polar surface area (TPSA) is 56.0 Å². The highest BCUT2D eigenvalue weighted by molar-refractivity contribution is 6.31. The first-order valence-corrected chi connectivity index (χ1v) is 9.87. The number of halogens is 1. The van der Waals surface area contributed by atoms with Gasteiger partial charge in [0.05, 0.1) is 34.7 Å². The molecule has 146 valence electrons. The van der Waals surface area contributed by atoms with Crippen molar-refractivity contribution in [3.05, 3.63) is 82.3 Å². The van der Waals surface area contributed by atoms with E-state index < -0.39 is 0 Å². The fourth-order valence-electron chi connectivity index (χ4n) is 4.21. The third kappa shape index (κ3) is 2.91. The molecule has 0 bridgehead atoms. The van der Waals surface area contributed by atoms with E-state index in [1.807, 2.05) is 54.1 Å². The molecule has 2 aromatic carbocycles. The van der Waals surface area contributed by atoms with Crippen LogP contribution in [0.2, 0.25) is 5.02 Å². The minimum Gasteiger partial charge on any atom is -0.327 e. The van der Waals surface area contributed by atoms with E-state index in [-0.39, 0.29) is 11.9 Å².